The molecule has 1 aliphatic rings. The minimum atomic E-state index is -3.51. The normalized spacial score (nSPS) is 17.7. The van der Waals surface area contributed by atoms with Crippen LogP contribution in [0.5, 0.6) is 0 Å². The molecule has 0 radical (unpaired) electrons. The molecule has 3 N–H and O–H groups in total. The van der Waals surface area contributed by atoms with Crippen molar-refractivity contribution in [2.24, 2.45) is 0 Å². The molecule has 6 nitrogen and oxygen atoms in total. The molecular formula is C20H17BrClNO5S2. The molecule has 1 fully saturated rings. The summed E-state index contributed by atoms with van der Waals surface area (Å²) in [5.74, 6) is 0.234. The lowest BCUT2D eigenvalue weighted by atomic mass is 10.1. The van der Waals surface area contributed by atoms with Gasteiger partial charge in [-0.05, 0) is 53.9 Å². The molecule has 0 bridgehead atoms. The molecule has 30 heavy (non-hydrogen) atoms. The molecule has 0 amide bonds. The summed E-state index contributed by atoms with van der Waals surface area (Å²) in [5, 5.41) is 14.6. The predicted molar refractivity (Wildman–Crippen MR) is 121 cm³/mol. The summed E-state index contributed by atoms with van der Waals surface area (Å²) in [4.78, 5) is 9.46. The molecular weight excluding hydrogens is 514 g/mol. The number of hydrogen-bond donors (Lipinski definition) is 3. The zero-order valence-corrected chi connectivity index (χ0v) is 19.3. The van der Waals surface area contributed by atoms with E-state index in [9.17, 15) is 8.42 Å². The van der Waals surface area contributed by atoms with E-state index in [1.807, 2.05) is 42.5 Å². The fraction of sp³-hybridized carbons (Fsp3) is 0.150. The van der Waals surface area contributed by atoms with Crippen molar-refractivity contribution in [1.82, 2.24) is 4.72 Å². The van der Waals surface area contributed by atoms with Crippen LogP contribution in [0.1, 0.15) is 17.9 Å². The Morgan fingerprint density at radius 1 is 1.10 bits per heavy atom. The van der Waals surface area contributed by atoms with E-state index in [2.05, 4.69) is 20.7 Å². The van der Waals surface area contributed by atoms with Gasteiger partial charge in [-0.3, -0.25) is 0 Å². The Bertz CT molecular complexity index is 1140. The topological polar surface area (TPSA) is 104 Å². The van der Waals surface area contributed by atoms with Crippen molar-refractivity contribution in [1.29, 1.82) is 0 Å². The summed E-state index contributed by atoms with van der Waals surface area (Å²) in [7, 11) is -3.51. The zero-order chi connectivity index (χ0) is 21.9. The largest absolute Gasteiger partial charge is 0.503 e. The van der Waals surface area contributed by atoms with Gasteiger partial charge in [0.05, 0.1) is 0 Å². The highest BCUT2D eigenvalue weighted by Gasteiger charge is 2.41. The van der Waals surface area contributed by atoms with E-state index in [1.165, 1.54) is 11.3 Å². The lowest BCUT2D eigenvalue weighted by Crippen LogP contribution is -2.26. The number of halogens is 2. The molecule has 1 heterocycles. The van der Waals surface area contributed by atoms with E-state index in [0.29, 0.717) is 9.23 Å². The molecule has 1 aromatic heterocycles. The molecule has 2 atom stereocenters. The smallest absolute Gasteiger partial charge is 0.450 e. The van der Waals surface area contributed by atoms with Crippen molar-refractivity contribution in [3.8, 4) is 10.4 Å². The maximum absolute atomic E-state index is 12.7. The van der Waals surface area contributed by atoms with Crippen LogP contribution >= 0.6 is 38.9 Å². The second-order valence-electron chi connectivity index (χ2n) is 6.53. The molecule has 0 aliphatic heterocycles. The van der Waals surface area contributed by atoms with Crippen LogP contribution in [0.2, 0.25) is 5.02 Å². The van der Waals surface area contributed by atoms with Crippen molar-refractivity contribution in [2.75, 3.05) is 0 Å². The standard InChI is InChI=1S/C19H15BrClNO2S2.CH2O3/c20-14-3-1-2-13(10-14)16-11-17(16)22-26(23,24)19-9-8-18(25-19)12-4-6-15(21)7-5-12;2-1(3)4/h1-10,16-17,22H,11H2;(H2,2,3,4)/t16-,17+;/m1./s1. The van der Waals surface area contributed by atoms with Gasteiger partial charge in [-0.2, -0.15) is 0 Å². The van der Waals surface area contributed by atoms with Gasteiger partial charge in [-0.25, -0.2) is 17.9 Å². The van der Waals surface area contributed by atoms with Crippen molar-refractivity contribution < 1.29 is 23.4 Å². The monoisotopic (exact) mass is 529 g/mol. The van der Waals surface area contributed by atoms with E-state index >= 15 is 0 Å². The quantitative estimate of drug-likeness (QED) is 0.382. The van der Waals surface area contributed by atoms with Crippen molar-refractivity contribution in [2.45, 2.75) is 22.6 Å². The van der Waals surface area contributed by atoms with E-state index in [1.54, 1.807) is 18.2 Å². The Labute approximate surface area is 191 Å². The third-order valence-electron chi connectivity index (χ3n) is 4.35. The first-order chi connectivity index (χ1) is 14.2. The van der Waals surface area contributed by atoms with Gasteiger partial charge in [0.25, 0.3) is 0 Å². The molecule has 1 saturated carbocycles. The highest BCUT2D eigenvalue weighted by molar-refractivity contribution is 9.10. The molecule has 0 saturated heterocycles. The van der Waals surface area contributed by atoms with Gasteiger partial charge in [-0.1, -0.05) is 51.8 Å². The van der Waals surface area contributed by atoms with Crippen LogP contribution in [0, 0.1) is 0 Å². The number of rotatable bonds is 5. The minimum Gasteiger partial charge on any atom is -0.450 e. The Kier molecular flexibility index (Phi) is 7.20. The Morgan fingerprint density at radius 3 is 2.40 bits per heavy atom. The Hall–Kier alpha value is -1.91. The van der Waals surface area contributed by atoms with Gasteiger partial charge in [0, 0.05) is 26.3 Å². The third kappa shape index (κ3) is 6.05. The second-order valence-corrected chi connectivity index (χ2v) is 10.9. The van der Waals surface area contributed by atoms with Gasteiger partial charge in [0.1, 0.15) is 4.21 Å². The van der Waals surface area contributed by atoms with Crippen LogP contribution in [-0.2, 0) is 10.0 Å². The average Bonchev–Trinajstić information content (AvgIpc) is 3.22. The maximum atomic E-state index is 12.7. The SMILES string of the molecule is O=C(O)O.O=S(=O)(N[C@H]1C[C@@H]1c1cccc(Br)c1)c1ccc(-c2ccc(Cl)cc2)s1. The zero-order valence-electron chi connectivity index (χ0n) is 15.3. The predicted octanol–water partition coefficient (Wildman–Crippen LogP) is 5.89. The van der Waals surface area contributed by atoms with Gasteiger partial charge in [0.2, 0.25) is 10.0 Å². The van der Waals surface area contributed by atoms with E-state index < -0.39 is 16.2 Å². The number of sulfonamides is 1. The minimum absolute atomic E-state index is 0.0459. The molecule has 1 aliphatic carbocycles. The van der Waals surface area contributed by atoms with E-state index in [0.717, 1.165) is 26.9 Å². The molecule has 2 aromatic carbocycles. The highest BCUT2D eigenvalue weighted by Crippen LogP contribution is 2.42. The fourth-order valence-electron chi connectivity index (χ4n) is 2.92. The Balaban J connectivity index is 0.000000589. The van der Waals surface area contributed by atoms with E-state index in [4.69, 9.17) is 26.6 Å². The summed E-state index contributed by atoms with van der Waals surface area (Å²) in [6.07, 6.45) is -1.01. The third-order valence-corrected chi connectivity index (χ3v) is 8.21. The molecule has 0 unspecified atom stereocenters. The summed E-state index contributed by atoms with van der Waals surface area (Å²) in [6.45, 7) is 0. The second kappa shape index (κ2) is 9.49. The number of nitrogens with one attached hydrogen (secondary N) is 1. The summed E-state index contributed by atoms with van der Waals surface area (Å²) >= 11 is 10.6. The summed E-state index contributed by atoms with van der Waals surface area (Å²) in [6, 6.07) is 18.9. The lowest BCUT2D eigenvalue weighted by molar-refractivity contribution is 0.137. The van der Waals surface area contributed by atoms with Crippen molar-refractivity contribution >= 4 is 55.0 Å². The first-order valence-corrected chi connectivity index (χ1v) is 12.2. The maximum Gasteiger partial charge on any atom is 0.503 e. The summed E-state index contributed by atoms with van der Waals surface area (Å²) in [5.41, 5.74) is 2.11. The molecule has 158 valence electrons. The number of benzene rings is 2. The first-order valence-electron chi connectivity index (χ1n) is 8.71. The van der Waals surface area contributed by atoms with Crippen molar-refractivity contribution in [3.05, 3.63) is 75.7 Å². The average molecular weight is 531 g/mol. The molecule has 10 heteroatoms. The van der Waals surface area contributed by atoms with Crippen LogP contribution < -0.4 is 4.72 Å². The van der Waals surface area contributed by atoms with Crippen LogP contribution in [-0.4, -0.2) is 30.8 Å². The lowest BCUT2D eigenvalue weighted by Gasteiger charge is -2.05. The molecule has 0 spiro atoms. The summed E-state index contributed by atoms with van der Waals surface area (Å²) < 4.78 is 29.6. The van der Waals surface area contributed by atoms with Gasteiger partial charge >= 0.3 is 6.16 Å². The first kappa shape index (κ1) is 22.8. The van der Waals surface area contributed by atoms with Crippen LogP contribution in [0.3, 0.4) is 0 Å². The van der Waals surface area contributed by atoms with Gasteiger partial charge < -0.3 is 10.2 Å². The highest BCUT2D eigenvalue weighted by atomic mass is 79.9. The molecule has 4 rings (SSSR count). The number of thiophene rings is 1. The van der Waals surface area contributed by atoms with Crippen LogP contribution in [0.4, 0.5) is 4.79 Å². The van der Waals surface area contributed by atoms with Gasteiger partial charge in [0.15, 0.2) is 0 Å². The fourth-order valence-corrected chi connectivity index (χ4v) is 6.08. The van der Waals surface area contributed by atoms with Gasteiger partial charge in [-0.15, -0.1) is 11.3 Å². The van der Waals surface area contributed by atoms with Crippen LogP contribution in [0.25, 0.3) is 10.4 Å². The number of carboxylic acid groups (broad SMARTS) is 2. The number of hydrogen-bond acceptors (Lipinski definition) is 4. The van der Waals surface area contributed by atoms with Crippen molar-refractivity contribution in [3.63, 3.8) is 0 Å². The van der Waals surface area contributed by atoms with Crippen LogP contribution in [0.15, 0.2) is 69.3 Å². The number of carbonyl (C=O) groups is 1. The Morgan fingerprint density at radius 2 is 1.77 bits per heavy atom. The van der Waals surface area contributed by atoms with E-state index in [-0.39, 0.29) is 12.0 Å². The molecule has 3 aromatic rings.